The summed E-state index contributed by atoms with van der Waals surface area (Å²) in [6.45, 7) is 4.05. The van der Waals surface area contributed by atoms with Crippen molar-refractivity contribution in [1.82, 2.24) is 19.5 Å². The highest BCUT2D eigenvalue weighted by atomic mass is 16.4. The van der Waals surface area contributed by atoms with Gasteiger partial charge in [-0.05, 0) is 11.5 Å². The zero-order chi connectivity index (χ0) is 18.0. The van der Waals surface area contributed by atoms with Gasteiger partial charge >= 0.3 is 5.97 Å². The van der Waals surface area contributed by atoms with Gasteiger partial charge in [-0.15, -0.1) is 0 Å². The van der Waals surface area contributed by atoms with Gasteiger partial charge in [-0.1, -0.05) is 44.2 Å². The normalized spacial score (nSPS) is 12.4. The van der Waals surface area contributed by atoms with Gasteiger partial charge in [0.05, 0.1) is 6.33 Å². The third kappa shape index (κ3) is 3.52. The second-order valence-corrected chi connectivity index (χ2v) is 6.15. The minimum absolute atomic E-state index is 0.101. The fraction of sp³-hybridized carbons (Fsp3) is 0.294. The average molecular weight is 341 g/mol. The van der Waals surface area contributed by atoms with Crippen molar-refractivity contribution < 1.29 is 9.90 Å². The summed E-state index contributed by atoms with van der Waals surface area (Å²) in [5.74, 6) is -1.08. The van der Waals surface area contributed by atoms with E-state index in [2.05, 4.69) is 20.3 Å². The first-order valence-corrected chi connectivity index (χ1v) is 7.94. The summed E-state index contributed by atoms with van der Waals surface area (Å²) in [6.07, 6.45) is 1.56. The molecule has 3 N–H and O–H groups in total. The lowest BCUT2D eigenvalue weighted by atomic mass is 10.1. The van der Waals surface area contributed by atoms with E-state index in [-0.39, 0.29) is 23.1 Å². The number of carbonyl (C=O) groups is 1. The largest absolute Gasteiger partial charge is 0.480 e. The molecule has 0 unspecified atom stereocenters. The molecule has 2 heterocycles. The molecule has 0 saturated heterocycles. The van der Waals surface area contributed by atoms with Gasteiger partial charge in [0, 0.05) is 6.54 Å². The number of rotatable bonds is 6. The predicted molar refractivity (Wildman–Crippen MR) is 93.6 cm³/mol. The predicted octanol–water partition coefficient (Wildman–Crippen LogP) is 1.69. The Morgan fingerprint density at radius 3 is 2.68 bits per heavy atom. The van der Waals surface area contributed by atoms with E-state index in [0.717, 1.165) is 5.56 Å². The molecule has 0 fully saturated rings. The van der Waals surface area contributed by atoms with Crippen LogP contribution in [0.2, 0.25) is 0 Å². The number of hydrogen-bond acceptors (Lipinski definition) is 5. The first-order valence-electron chi connectivity index (χ1n) is 7.94. The lowest BCUT2D eigenvalue weighted by Crippen LogP contribution is -2.35. The zero-order valence-corrected chi connectivity index (χ0v) is 13.9. The number of nitrogens with zero attached hydrogens (tertiary/aromatic N) is 3. The molecule has 1 atom stereocenters. The smallest absolute Gasteiger partial charge is 0.326 e. The molecule has 25 heavy (non-hydrogen) atoms. The second kappa shape index (κ2) is 6.76. The van der Waals surface area contributed by atoms with Crippen molar-refractivity contribution in [1.29, 1.82) is 0 Å². The molecule has 0 radical (unpaired) electrons. The third-order valence-corrected chi connectivity index (χ3v) is 3.90. The lowest BCUT2D eigenvalue weighted by molar-refractivity contribution is -0.138. The standard InChI is InChI=1S/C17H19N5O3/c1-10(2)12(16(24)25)19-17-20-14-13(15(23)21-17)22(9-18-14)8-11-6-4-3-5-7-11/h3-7,9-10,12H,8H2,1-2H3,(H,24,25)(H2,19,20,21,23)/t12-/m0/s1. The van der Waals surface area contributed by atoms with E-state index in [1.807, 2.05) is 30.3 Å². The number of aromatic nitrogens is 4. The summed E-state index contributed by atoms with van der Waals surface area (Å²) in [6, 6.07) is 8.85. The van der Waals surface area contributed by atoms with E-state index in [4.69, 9.17) is 0 Å². The van der Waals surface area contributed by atoms with Crippen molar-refractivity contribution in [2.75, 3.05) is 5.32 Å². The molecule has 8 heteroatoms. The molecule has 130 valence electrons. The van der Waals surface area contributed by atoms with Crippen LogP contribution in [0.15, 0.2) is 41.5 Å². The van der Waals surface area contributed by atoms with E-state index in [1.54, 1.807) is 24.7 Å². The van der Waals surface area contributed by atoms with E-state index >= 15 is 0 Å². The molecule has 2 aromatic heterocycles. The Hall–Kier alpha value is -3.16. The Morgan fingerprint density at radius 1 is 1.32 bits per heavy atom. The van der Waals surface area contributed by atoms with Crippen molar-refractivity contribution in [3.8, 4) is 0 Å². The van der Waals surface area contributed by atoms with Crippen LogP contribution in [-0.2, 0) is 11.3 Å². The number of aromatic amines is 1. The maximum Gasteiger partial charge on any atom is 0.326 e. The number of anilines is 1. The number of carboxylic acid groups (broad SMARTS) is 1. The molecule has 0 spiro atoms. The summed E-state index contributed by atoms with van der Waals surface area (Å²) in [7, 11) is 0. The quantitative estimate of drug-likeness (QED) is 0.629. The molecule has 0 aliphatic rings. The van der Waals surface area contributed by atoms with E-state index in [1.165, 1.54) is 0 Å². The first-order chi connectivity index (χ1) is 12.0. The number of benzene rings is 1. The molecule has 0 aliphatic heterocycles. The molecule has 0 aliphatic carbocycles. The van der Waals surface area contributed by atoms with Crippen LogP contribution < -0.4 is 10.9 Å². The van der Waals surface area contributed by atoms with Gasteiger partial charge in [0.1, 0.15) is 6.04 Å². The van der Waals surface area contributed by atoms with Gasteiger partial charge in [0.25, 0.3) is 5.56 Å². The zero-order valence-electron chi connectivity index (χ0n) is 13.9. The van der Waals surface area contributed by atoms with Crippen LogP contribution in [-0.4, -0.2) is 36.6 Å². The molecule has 3 aromatic rings. The van der Waals surface area contributed by atoms with Gasteiger partial charge < -0.3 is 15.0 Å². The molecule has 0 amide bonds. The number of hydrogen-bond donors (Lipinski definition) is 3. The van der Waals surface area contributed by atoms with Crippen molar-refractivity contribution in [3.05, 3.63) is 52.6 Å². The van der Waals surface area contributed by atoms with Crippen LogP contribution in [0.4, 0.5) is 5.95 Å². The SMILES string of the molecule is CC(C)[C@H](Nc1nc2ncn(Cc3ccccc3)c2c(=O)[nH]1)C(=O)O. The Bertz CT molecular complexity index is 946. The van der Waals surface area contributed by atoms with Crippen molar-refractivity contribution in [2.24, 2.45) is 5.92 Å². The third-order valence-electron chi connectivity index (χ3n) is 3.90. The minimum atomic E-state index is -1.01. The highest BCUT2D eigenvalue weighted by Gasteiger charge is 2.22. The number of carboxylic acids is 1. The maximum absolute atomic E-state index is 12.4. The topological polar surface area (TPSA) is 113 Å². The maximum atomic E-state index is 12.4. The summed E-state index contributed by atoms with van der Waals surface area (Å²) in [4.78, 5) is 34.8. The van der Waals surface area contributed by atoms with Crippen molar-refractivity contribution >= 4 is 23.1 Å². The Balaban J connectivity index is 1.94. The summed E-state index contributed by atoms with van der Waals surface area (Å²) >= 11 is 0. The number of nitrogens with one attached hydrogen (secondary N) is 2. The van der Waals surface area contributed by atoms with Gasteiger partial charge in [-0.3, -0.25) is 9.78 Å². The molecular formula is C17H19N5O3. The van der Waals surface area contributed by atoms with Crippen molar-refractivity contribution in [3.63, 3.8) is 0 Å². The molecule has 0 bridgehead atoms. The van der Waals surface area contributed by atoms with Crippen LogP contribution in [0.3, 0.4) is 0 Å². The number of fused-ring (bicyclic) bond motifs is 1. The van der Waals surface area contributed by atoms with E-state index < -0.39 is 12.0 Å². The second-order valence-electron chi connectivity index (χ2n) is 6.15. The molecular weight excluding hydrogens is 322 g/mol. The summed E-state index contributed by atoms with van der Waals surface area (Å²) < 4.78 is 1.72. The van der Waals surface area contributed by atoms with Crippen LogP contribution in [0, 0.1) is 5.92 Å². The van der Waals surface area contributed by atoms with Gasteiger partial charge in [-0.25, -0.2) is 9.78 Å². The van der Waals surface area contributed by atoms with E-state index in [9.17, 15) is 14.7 Å². The van der Waals surface area contributed by atoms with Gasteiger partial charge in [0.15, 0.2) is 11.2 Å². The van der Waals surface area contributed by atoms with Crippen LogP contribution in [0.25, 0.3) is 11.2 Å². The highest BCUT2D eigenvalue weighted by molar-refractivity contribution is 5.77. The van der Waals surface area contributed by atoms with Gasteiger partial charge in [-0.2, -0.15) is 4.98 Å². The van der Waals surface area contributed by atoms with Crippen LogP contribution >= 0.6 is 0 Å². The van der Waals surface area contributed by atoms with Crippen molar-refractivity contribution in [2.45, 2.75) is 26.4 Å². The fourth-order valence-electron chi connectivity index (χ4n) is 2.62. The molecule has 1 aromatic carbocycles. The molecule has 8 nitrogen and oxygen atoms in total. The summed E-state index contributed by atoms with van der Waals surface area (Å²) in [5, 5.41) is 12.0. The highest BCUT2D eigenvalue weighted by Crippen LogP contribution is 2.13. The lowest BCUT2D eigenvalue weighted by Gasteiger charge is -2.17. The van der Waals surface area contributed by atoms with Crippen LogP contribution in [0.5, 0.6) is 0 Å². The Labute approximate surface area is 143 Å². The molecule has 0 saturated carbocycles. The minimum Gasteiger partial charge on any atom is -0.480 e. The fourth-order valence-corrected chi connectivity index (χ4v) is 2.62. The van der Waals surface area contributed by atoms with Gasteiger partial charge in [0.2, 0.25) is 5.95 Å². The number of imidazole rings is 1. The Kier molecular flexibility index (Phi) is 4.51. The first kappa shape index (κ1) is 16.7. The number of aliphatic carboxylic acids is 1. The monoisotopic (exact) mass is 341 g/mol. The average Bonchev–Trinajstić information content (AvgIpc) is 2.96. The molecule has 3 rings (SSSR count). The number of H-pyrrole nitrogens is 1. The van der Waals surface area contributed by atoms with E-state index in [0.29, 0.717) is 12.1 Å². The van der Waals surface area contributed by atoms with Crippen LogP contribution in [0.1, 0.15) is 19.4 Å². The summed E-state index contributed by atoms with van der Waals surface area (Å²) in [5.41, 5.74) is 1.30. The Morgan fingerprint density at radius 2 is 2.04 bits per heavy atom.